The van der Waals surface area contributed by atoms with Crippen molar-refractivity contribution in [3.63, 3.8) is 0 Å². The summed E-state index contributed by atoms with van der Waals surface area (Å²) < 4.78 is 0. The molecular weight excluding hydrogens is 190 g/mol. The van der Waals surface area contributed by atoms with Crippen LogP contribution in [0, 0.1) is 5.92 Å². The molecule has 0 aromatic heterocycles. The first-order chi connectivity index (χ1) is 7.09. The van der Waals surface area contributed by atoms with Crippen molar-refractivity contribution in [1.82, 2.24) is 10.6 Å². The van der Waals surface area contributed by atoms with Gasteiger partial charge in [-0.25, -0.2) is 4.79 Å². The minimum atomic E-state index is -0.0808. The highest BCUT2D eigenvalue weighted by molar-refractivity contribution is 5.74. The van der Waals surface area contributed by atoms with E-state index in [9.17, 15) is 4.79 Å². The van der Waals surface area contributed by atoms with Crippen LogP contribution in [0.4, 0.5) is 4.79 Å². The van der Waals surface area contributed by atoms with Crippen LogP contribution in [0.2, 0.25) is 0 Å². The molecule has 1 aliphatic carbocycles. The van der Waals surface area contributed by atoms with Crippen LogP contribution in [0.25, 0.3) is 0 Å². The van der Waals surface area contributed by atoms with Gasteiger partial charge in [0, 0.05) is 18.6 Å². The molecule has 2 atom stereocenters. The Kier molecular flexibility index (Phi) is 4.88. The lowest BCUT2D eigenvalue weighted by Crippen LogP contribution is -2.45. The zero-order valence-corrected chi connectivity index (χ0v) is 9.75. The van der Waals surface area contributed by atoms with Crippen molar-refractivity contribution in [3.8, 4) is 0 Å². The first-order valence-corrected chi connectivity index (χ1v) is 5.89. The number of carbonyl (C=O) groups excluding carboxylic acids is 1. The molecule has 1 saturated carbocycles. The van der Waals surface area contributed by atoms with Gasteiger partial charge in [-0.05, 0) is 32.6 Å². The second-order valence-electron chi connectivity index (χ2n) is 4.72. The molecule has 0 bridgehead atoms. The van der Waals surface area contributed by atoms with Crippen LogP contribution < -0.4 is 16.4 Å². The lowest BCUT2D eigenvalue weighted by atomic mass is 9.85. The molecule has 2 unspecified atom stereocenters. The highest BCUT2D eigenvalue weighted by atomic mass is 16.2. The molecule has 0 radical (unpaired) electrons. The summed E-state index contributed by atoms with van der Waals surface area (Å²) in [6.07, 6.45) is 4.71. The summed E-state index contributed by atoms with van der Waals surface area (Å²) in [6, 6.07) is 0.367. The molecule has 1 fully saturated rings. The largest absolute Gasteiger partial charge is 0.338 e. The first kappa shape index (κ1) is 12.3. The van der Waals surface area contributed by atoms with Crippen LogP contribution in [0.1, 0.15) is 39.5 Å². The van der Waals surface area contributed by atoms with Gasteiger partial charge >= 0.3 is 6.03 Å². The van der Waals surface area contributed by atoms with Crippen molar-refractivity contribution in [2.45, 2.75) is 51.6 Å². The average molecular weight is 213 g/mol. The van der Waals surface area contributed by atoms with E-state index < -0.39 is 0 Å². The van der Waals surface area contributed by atoms with Gasteiger partial charge < -0.3 is 16.4 Å². The molecule has 15 heavy (non-hydrogen) atoms. The monoisotopic (exact) mass is 213 g/mol. The van der Waals surface area contributed by atoms with Crippen LogP contribution in [-0.4, -0.2) is 24.7 Å². The summed E-state index contributed by atoms with van der Waals surface area (Å²) in [6.45, 7) is 4.61. The van der Waals surface area contributed by atoms with E-state index in [1.165, 1.54) is 12.8 Å². The smallest absolute Gasteiger partial charge is 0.314 e. The highest BCUT2D eigenvalue weighted by Crippen LogP contribution is 2.21. The van der Waals surface area contributed by atoms with Gasteiger partial charge in [-0.15, -0.1) is 0 Å². The molecule has 0 saturated heterocycles. The van der Waals surface area contributed by atoms with E-state index in [1.54, 1.807) is 0 Å². The minimum Gasteiger partial charge on any atom is -0.338 e. The average Bonchev–Trinajstić information content (AvgIpc) is 2.15. The first-order valence-electron chi connectivity index (χ1n) is 5.89. The topological polar surface area (TPSA) is 67.2 Å². The maximum absolute atomic E-state index is 11.3. The SMILES string of the molecule is CC(C)NC(=O)NCC1CCCCC1N. The summed E-state index contributed by atoms with van der Waals surface area (Å²) in [5, 5.41) is 5.69. The third kappa shape index (κ3) is 4.51. The van der Waals surface area contributed by atoms with Crippen LogP contribution in [0.15, 0.2) is 0 Å². The number of amides is 2. The lowest BCUT2D eigenvalue weighted by Gasteiger charge is -2.28. The Morgan fingerprint density at radius 3 is 2.67 bits per heavy atom. The van der Waals surface area contributed by atoms with Crippen LogP contribution in [0.5, 0.6) is 0 Å². The molecule has 4 nitrogen and oxygen atoms in total. The van der Waals surface area contributed by atoms with Crippen LogP contribution in [-0.2, 0) is 0 Å². The predicted molar refractivity (Wildman–Crippen MR) is 61.6 cm³/mol. The van der Waals surface area contributed by atoms with E-state index >= 15 is 0 Å². The molecule has 0 heterocycles. The molecular formula is C11H23N3O. The van der Waals surface area contributed by atoms with E-state index in [1.807, 2.05) is 13.8 Å². The number of hydrogen-bond acceptors (Lipinski definition) is 2. The molecule has 0 aliphatic heterocycles. The zero-order chi connectivity index (χ0) is 11.3. The Balaban J connectivity index is 2.20. The van der Waals surface area contributed by atoms with E-state index in [2.05, 4.69) is 10.6 Å². The standard InChI is InChI=1S/C11H23N3O/c1-8(2)14-11(15)13-7-9-5-3-4-6-10(9)12/h8-10H,3-7,12H2,1-2H3,(H2,13,14,15). The number of nitrogens with one attached hydrogen (secondary N) is 2. The summed E-state index contributed by atoms with van der Waals surface area (Å²) >= 11 is 0. The minimum absolute atomic E-state index is 0.0808. The Morgan fingerprint density at radius 1 is 1.40 bits per heavy atom. The van der Waals surface area contributed by atoms with Crippen LogP contribution in [0.3, 0.4) is 0 Å². The second-order valence-corrected chi connectivity index (χ2v) is 4.72. The Labute approximate surface area is 92.0 Å². The van der Waals surface area contributed by atoms with E-state index in [4.69, 9.17) is 5.73 Å². The van der Waals surface area contributed by atoms with Crippen LogP contribution >= 0.6 is 0 Å². The Morgan fingerprint density at radius 2 is 2.07 bits per heavy atom. The molecule has 1 rings (SSSR count). The lowest BCUT2D eigenvalue weighted by molar-refractivity contribution is 0.231. The third-order valence-corrected chi connectivity index (χ3v) is 2.91. The van der Waals surface area contributed by atoms with Gasteiger partial charge in [-0.2, -0.15) is 0 Å². The van der Waals surface area contributed by atoms with Crippen molar-refractivity contribution in [2.24, 2.45) is 11.7 Å². The third-order valence-electron chi connectivity index (χ3n) is 2.91. The van der Waals surface area contributed by atoms with Crippen molar-refractivity contribution in [1.29, 1.82) is 0 Å². The summed E-state index contributed by atoms with van der Waals surface area (Å²) in [5.74, 6) is 0.455. The highest BCUT2D eigenvalue weighted by Gasteiger charge is 2.21. The van der Waals surface area contributed by atoms with Gasteiger partial charge in [0.2, 0.25) is 0 Å². The molecule has 4 N–H and O–H groups in total. The fraction of sp³-hybridized carbons (Fsp3) is 0.909. The number of nitrogens with two attached hydrogens (primary N) is 1. The molecule has 2 amide bonds. The zero-order valence-electron chi connectivity index (χ0n) is 9.75. The maximum atomic E-state index is 11.3. The van der Waals surface area contributed by atoms with Gasteiger partial charge in [0.15, 0.2) is 0 Å². The predicted octanol–water partition coefficient (Wildman–Crippen LogP) is 1.21. The fourth-order valence-corrected chi connectivity index (χ4v) is 2.03. The van der Waals surface area contributed by atoms with E-state index in [-0.39, 0.29) is 18.1 Å². The van der Waals surface area contributed by atoms with Crippen molar-refractivity contribution >= 4 is 6.03 Å². The summed E-state index contributed by atoms with van der Waals surface area (Å²) in [5.41, 5.74) is 5.99. The summed E-state index contributed by atoms with van der Waals surface area (Å²) in [4.78, 5) is 11.3. The molecule has 0 aromatic rings. The number of rotatable bonds is 3. The Bertz CT molecular complexity index is 206. The van der Waals surface area contributed by atoms with Gasteiger partial charge in [0.05, 0.1) is 0 Å². The fourth-order valence-electron chi connectivity index (χ4n) is 2.03. The maximum Gasteiger partial charge on any atom is 0.314 e. The van der Waals surface area contributed by atoms with Gasteiger partial charge in [-0.1, -0.05) is 12.8 Å². The molecule has 88 valence electrons. The summed E-state index contributed by atoms with van der Waals surface area (Å²) in [7, 11) is 0. The van der Waals surface area contributed by atoms with Crippen molar-refractivity contribution < 1.29 is 4.79 Å². The van der Waals surface area contributed by atoms with Crippen molar-refractivity contribution in [2.75, 3.05) is 6.54 Å². The second kappa shape index (κ2) is 5.95. The van der Waals surface area contributed by atoms with Gasteiger partial charge in [0.25, 0.3) is 0 Å². The number of hydrogen-bond donors (Lipinski definition) is 3. The van der Waals surface area contributed by atoms with Gasteiger partial charge in [-0.3, -0.25) is 0 Å². The normalized spacial score (nSPS) is 26.4. The Hall–Kier alpha value is -0.770. The molecule has 1 aliphatic rings. The number of carbonyl (C=O) groups is 1. The van der Waals surface area contributed by atoms with Gasteiger partial charge in [0.1, 0.15) is 0 Å². The van der Waals surface area contributed by atoms with E-state index in [0.717, 1.165) is 12.8 Å². The quantitative estimate of drug-likeness (QED) is 0.659. The molecule has 0 aromatic carbocycles. The molecule has 4 heteroatoms. The van der Waals surface area contributed by atoms with Crippen molar-refractivity contribution in [3.05, 3.63) is 0 Å². The molecule has 0 spiro atoms. The van der Waals surface area contributed by atoms with E-state index in [0.29, 0.717) is 12.5 Å². The number of urea groups is 1.